The van der Waals surface area contributed by atoms with Gasteiger partial charge in [0.2, 0.25) is 0 Å². The maximum absolute atomic E-state index is 10.2. The molecule has 5 rings (SSSR count). The highest BCUT2D eigenvalue weighted by atomic mass is 16.3. The summed E-state index contributed by atoms with van der Waals surface area (Å²) >= 11 is 0. The summed E-state index contributed by atoms with van der Waals surface area (Å²) in [7, 11) is 0. The molecule has 2 aliphatic carbocycles. The van der Waals surface area contributed by atoms with Gasteiger partial charge in [-0.05, 0) is 72.3 Å². The van der Waals surface area contributed by atoms with Gasteiger partial charge in [-0.3, -0.25) is 0 Å². The Morgan fingerprint density at radius 1 is 1.04 bits per heavy atom. The lowest BCUT2D eigenvalue weighted by Gasteiger charge is -2.44. The van der Waals surface area contributed by atoms with E-state index in [1.54, 1.807) is 27.8 Å². The van der Waals surface area contributed by atoms with E-state index in [1.165, 1.54) is 31.4 Å². The molecule has 2 fully saturated rings. The molecule has 2 unspecified atom stereocenters. The van der Waals surface area contributed by atoms with Crippen molar-refractivity contribution in [3.63, 3.8) is 0 Å². The number of fused-ring (bicyclic) bond motifs is 2. The summed E-state index contributed by atoms with van der Waals surface area (Å²) in [5.74, 6) is 0.714. The van der Waals surface area contributed by atoms with Gasteiger partial charge < -0.3 is 10.0 Å². The van der Waals surface area contributed by atoms with Crippen LogP contribution in [0.3, 0.4) is 0 Å². The SMILES string of the molecule is OC1CCN2CC3=C4C(=C2C1)CCCC4Cc1ccccc1C3. The monoisotopic (exact) mass is 307 g/mol. The largest absolute Gasteiger partial charge is 0.393 e. The molecule has 0 radical (unpaired) electrons. The summed E-state index contributed by atoms with van der Waals surface area (Å²) in [6.45, 7) is 2.13. The van der Waals surface area contributed by atoms with Crippen LogP contribution in [0.1, 0.15) is 43.2 Å². The van der Waals surface area contributed by atoms with Crippen molar-refractivity contribution in [2.75, 3.05) is 13.1 Å². The third kappa shape index (κ3) is 2.19. The molecule has 120 valence electrons. The van der Waals surface area contributed by atoms with Crippen LogP contribution in [-0.4, -0.2) is 29.2 Å². The summed E-state index contributed by atoms with van der Waals surface area (Å²) in [6.07, 6.45) is 7.92. The molecule has 0 amide bonds. The van der Waals surface area contributed by atoms with Crippen molar-refractivity contribution in [2.24, 2.45) is 5.92 Å². The Kier molecular flexibility index (Phi) is 3.16. The number of hydrogen-bond donors (Lipinski definition) is 1. The highest BCUT2D eigenvalue weighted by Gasteiger charge is 2.37. The molecule has 2 aliphatic heterocycles. The van der Waals surface area contributed by atoms with Gasteiger partial charge in [-0.2, -0.15) is 0 Å². The number of rotatable bonds is 0. The molecule has 2 heterocycles. The number of aliphatic hydroxyl groups is 1. The van der Waals surface area contributed by atoms with Gasteiger partial charge in [-0.1, -0.05) is 24.3 Å². The van der Waals surface area contributed by atoms with E-state index in [1.807, 2.05) is 0 Å². The van der Waals surface area contributed by atoms with E-state index in [9.17, 15) is 5.11 Å². The number of allylic oxidation sites excluding steroid dienone is 2. The van der Waals surface area contributed by atoms with E-state index < -0.39 is 0 Å². The third-order valence-corrected chi connectivity index (χ3v) is 6.36. The first-order chi connectivity index (χ1) is 11.3. The van der Waals surface area contributed by atoms with Gasteiger partial charge in [0.05, 0.1) is 6.10 Å². The average Bonchev–Trinajstić information content (AvgIpc) is 2.73. The van der Waals surface area contributed by atoms with Gasteiger partial charge in [-0.25, -0.2) is 0 Å². The Hall–Kier alpha value is -1.54. The fraction of sp³-hybridized carbons (Fsp3) is 0.524. The first-order valence-electron chi connectivity index (χ1n) is 9.23. The number of aliphatic hydroxyl groups excluding tert-OH is 1. The van der Waals surface area contributed by atoms with E-state index in [0.29, 0.717) is 5.92 Å². The molecule has 1 aromatic rings. The zero-order valence-corrected chi connectivity index (χ0v) is 13.7. The number of piperidine rings is 1. The summed E-state index contributed by atoms with van der Waals surface area (Å²) in [5.41, 5.74) is 9.59. The number of benzene rings is 1. The Bertz CT molecular complexity index is 714. The van der Waals surface area contributed by atoms with Gasteiger partial charge in [0.25, 0.3) is 0 Å². The van der Waals surface area contributed by atoms with Crippen LogP contribution in [-0.2, 0) is 12.8 Å². The first kappa shape index (κ1) is 13.9. The second-order valence-corrected chi connectivity index (χ2v) is 7.75. The fourth-order valence-electron chi connectivity index (χ4n) is 5.33. The van der Waals surface area contributed by atoms with Gasteiger partial charge in [0.15, 0.2) is 0 Å². The predicted molar refractivity (Wildman–Crippen MR) is 92.1 cm³/mol. The minimum absolute atomic E-state index is 0.126. The van der Waals surface area contributed by atoms with E-state index in [4.69, 9.17) is 0 Å². The molecule has 1 saturated carbocycles. The predicted octanol–water partition coefficient (Wildman–Crippen LogP) is 3.61. The Morgan fingerprint density at radius 2 is 1.91 bits per heavy atom. The maximum atomic E-state index is 10.2. The minimum Gasteiger partial charge on any atom is -0.393 e. The number of hydrogen-bond acceptors (Lipinski definition) is 2. The highest BCUT2D eigenvalue weighted by molar-refractivity contribution is 5.50. The van der Waals surface area contributed by atoms with Crippen molar-refractivity contribution in [3.05, 3.63) is 57.8 Å². The zero-order chi connectivity index (χ0) is 15.4. The molecule has 2 heteroatoms. The number of nitrogens with zero attached hydrogens (tertiary/aromatic N) is 1. The first-order valence-corrected chi connectivity index (χ1v) is 9.23. The quantitative estimate of drug-likeness (QED) is 0.791. The average molecular weight is 307 g/mol. The van der Waals surface area contributed by atoms with Crippen molar-refractivity contribution in [2.45, 2.75) is 51.0 Å². The van der Waals surface area contributed by atoms with Crippen molar-refractivity contribution >= 4 is 0 Å². The minimum atomic E-state index is -0.126. The summed E-state index contributed by atoms with van der Waals surface area (Å²) < 4.78 is 0. The van der Waals surface area contributed by atoms with E-state index in [-0.39, 0.29) is 6.10 Å². The molecule has 23 heavy (non-hydrogen) atoms. The highest BCUT2D eigenvalue weighted by Crippen LogP contribution is 2.47. The molecular weight excluding hydrogens is 282 g/mol. The second kappa shape index (κ2) is 5.24. The van der Waals surface area contributed by atoms with Crippen LogP contribution >= 0.6 is 0 Å². The summed E-state index contributed by atoms with van der Waals surface area (Å²) in [6, 6.07) is 9.07. The second-order valence-electron chi connectivity index (χ2n) is 7.75. The van der Waals surface area contributed by atoms with E-state index >= 15 is 0 Å². The van der Waals surface area contributed by atoms with Crippen molar-refractivity contribution in [1.82, 2.24) is 4.90 Å². The molecule has 0 aromatic heterocycles. The van der Waals surface area contributed by atoms with E-state index in [2.05, 4.69) is 29.2 Å². The molecule has 1 aromatic carbocycles. The Morgan fingerprint density at radius 3 is 2.83 bits per heavy atom. The Labute approximate surface area is 138 Å². The lowest BCUT2D eigenvalue weighted by Crippen LogP contribution is -2.40. The smallest absolute Gasteiger partial charge is 0.0611 e. The maximum Gasteiger partial charge on any atom is 0.0611 e. The zero-order valence-electron chi connectivity index (χ0n) is 13.7. The van der Waals surface area contributed by atoms with Crippen molar-refractivity contribution in [1.29, 1.82) is 0 Å². The van der Waals surface area contributed by atoms with Gasteiger partial charge in [0, 0.05) is 25.2 Å². The van der Waals surface area contributed by atoms with Crippen molar-refractivity contribution < 1.29 is 5.11 Å². The van der Waals surface area contributed by atoms with Crippen molar-refractivity contribution in [3.8, 4) is 0 Å². The molecule has 2 atom stereocenters. The van der Waals surface area contributed by atoms with Crippen LogP contribution in [0.4, 0.5) is 0 Å². The van der Waals surface area contributed by atoms with E-state index in [0.717, 1.165) is 32.4 Å². The molecule has 0 bridgehead atoms. The molecule has 1 N–H and O–H groups in total. The van der Waals surface area contributed by atoms with Gasteiger partial charge in [0.1, 0.15) is 0 Å². The molecule has 2 nitrogen and oxygen atoms in total. The van der Waals surface area contributed by atoms with Crippen LogP contribution in [0, 0.1) is 5.92 Å². The summed E-state index contributed by atoms with van der Waals surface area (Å²) in [4.78, 5) is 2.58. The third-order valence-electron chi connectivity index (χ3n) is 6.36. The summed E-state index contributed by atoms with van der Waals surface area (Å²) in [5, 5.41) is 10.2. The topological polar surface area (TPSA) is 23.5 Å². The molecule has 4 aliphatic rings. The lowest BCUT2D eigenvalue weighted by molar-refractivity contribution is 0.110. The molecule has 0 spiro atoms. The fourth-order valence-corrected chi connectivity index (χ4v) is 5.33. The molecular formula is C21H25NO. The van der Waals surface area contributed by atoms with Crippen LogP contribution in [0.15, 0.2) is 46.7 Å². The van der Waals surface area contributed by atoms with Gasteiger partial charge >= 0.3 is 0 Å². The normalized spacial score (nSPS) is 29.7. The van der Waals surface area contributed by atoms with Crippen LogP contribution in [0.5, 0.6) is 0 Å². The lowest BCUT2D eigenvalue weighted by atomic mass is 9.73. The van der Waals surface area contributed by atoms with Gasteiger partial charge in [-0.15, -0.1) is 0 Å². The molecule has 1 saturated heterocycles. The van der Waals surface area contributed by atoms with Crippen LogP contribution in [0.2, 0.25) is 0 Å². The van der Waals surface area contributed by atoms with Crippen LogP contribution < -0.4 is 0 Å². The van der Waals surface area contributed by atoms with Crippen LogP contribution in [0.25, 0.3) is 0 Å². The standard InChI is InChI=1S/C21H25NO/c23-18-8-9-22-13-17-11-15-5-2-1-4-14(15)10-16-6-3-7-19(21(16)17)20(22)12-18/h1-2,4-5,16,18,23H,3,6-13H2. The Balaban J connectivity index is 1.64.